The van der Waals surface area contributed by atoms with Crippen molar-refractivity contribution in [3.8, 4) is 16.6 Å². The molecule has 1 atom stereocenters. The third-order valence-corrected chi connectivity index (χ3v) is 4.89. The molecule has 1 N–H and O–H groups in total. The first kappa shape index (κ1) is 18.9. The Morgan fingerprint density at radius 2 is 2.04 bits per heavy atom. The summed E-state index contributed by atoms with van der Waals surface area (Å²) in [6.45, 7) is 0.452. The maximum absolute atomic E-state index is 12.5. The number of benzene rings is 1. The molecule has 0 radical (unpaired) electrons. The summed E-state index contributed by atoms with van der Waals surface area (Å²) in [5.74, 6) is 1.09. The molecule has 0 aliphatic heterocycles. The molecule has 140 valence electrons. The van der Waals surface area contributed by atoms with Crippen LogP contribution in [0.3, 0.4) is 0 Å². The van der Waals surface area contributed by atoms with Gasteiger partial charge in [0.2, 0.25) is 0 Å². The first-order chi connectivity index (χ1) is 13.1. The number of carbonyl (C=O) groups is 1. The fourth-order valence-corrected chi connectivity index (χ4v) is 3.36. The maximum atomic E-state index is 12.5. The van der Waals surface area contributed by atoms with E-state index in [-0.39, 0.29) is 11.9 Å². The van der Waals surface area contributed by atoms with Crippen molar-refractivity contribution in [2.75, 3.05) is 27.7 Å². The van der Waals surface area contributed by atoms with Crippen molar-refractivity contribution in [3.05, 3.63) is 59.4 Å². The van der Waals surface area contributed by atoms with Crippen molar-refractivity contribution in [2.24, 2.45) is 0 Å². The summed E-state index contributed by atoms with van der Waals surface area (Å²) in [5.41, 5.74) is 1.43. The number of aromatic nitrogens is 3. The van der Waals surface area contributed by atoms with Crippen LogP contribution in [0, 0.1) is 0 Å². The van der Waals surface area contributed by atoms with Crippen LogP contribution in [-0.2, 0) is 0 Å². The molecule has 2 heterocycles. The molecule has 0 bridgehead atoms. The molecule has 3 aromatic rings. The van der Waals surface area contributed by atoms with E-state index in [1.807, 2.05) is 38.4 Å². The topological polar surface area (TPSA) is 80.2 Å². The van der Waals surface area contributed by atoms with E-state index in [9.17, 15) is 4.79 Å². The van der Waals surface area contributed by atoms with Gasteiger partial charge in [0.25, 0.3) is 5.91 Å². The highest BCUT2D eigenvalue weighted by molar-refractivity contribution is 7.13. The Balaban J connectivity index is 1.69. The Morgan fingerprint density at radius 1 is 1.26 bits per heavy atom. The lowest BCUT2D eigenvalue weighted by atomic mass is 10.1. The van der Waals surface area contributed by atoms with Crippen molar-refractivity contribution >= 4 is 17.2 Å². The molecule has 3 rings (SSSR count). The number of amides is 1. The zero-order valence-corrected chi connectivity index (χ0v) is 16.2. The minimum Gasteiger partial charge on any atom is -0.497 e. The number of ether oxygens (including phenoxy) is 1. The second-order valence-electron chi connectivity index (χ2n) is 6.08. The van der Waals surface area contributed by atoms with E-state index in [1.165, 1.54) is 11.3 Å². The average Bonchev–Trinajstić information content (AvgIpc) is 3.19. The lowest BCUT2D eigenvalue weighted by molar-refractivity contribution is 0.0937. The molecule has 0 aliphatic rings. The van der Waals surface area contributed by atoms with Gasteiger partial charge in [0, 0.05) is 24.3 Å². The standard InChI is InChI=1S/C19H21N5O2S/c1-24(2)16(13-6-4-7-14(10-13)26-3)11-22-18(25)15-12-27-19(23-15)17-20-8-5-9-21-17/h4-10,12,16H,11H2,1-3H3,(H,22,25). The zero-order valence-electron chi connectivity index (χ0n) is 15.4. The summed E-state index contributed by atoms with van der Waals surface area (Å²) in [7, 11) is 5.59. The summed E-state index contributed by atoms with van der Waals surface area (Å²) in [5, 5.41) is 5.31. The van der Waals surface area contributed by atoms with Gasteiger partial charge in [0.15, 0.2) is 10.8 Å². The second kappa shape index (κ2) is 8.70. The highest BCUT2D eigenvalue weighted by atomic mass is 32.1. The van der Waals surface area contributed by atoms with E-state index in [0.29, 0.717) is 23.1 Å². The Kier molecular flexibility index (Phi) is 6.10. The molecule has 0 fully saturated rings. The van der Waals surface area contributed by atoms with Gasteiger partial charge < -0.3 is 15.0 Å². The number of rotatable bonds is 7. The largest absolute Gasteiger partial charge is 0.497 e. The number of methoxy groups -OCH3 is 1. The lowest BCUT2D eigenvalue weighted by Crippen LogP contribution is -2.34. The van der Waals surface area contributed by atoms with E-state index in [0.717, 1.165) is 11.3 Å². The van der Waals surface area contributed by atoms with Gasteiger partial charge >= 0.3 is 0 Å². The number of nitrogens with one attached hydrogen (secondary N) is 1. The van der Waals surface area contributed by atoms with Crippen LogP contribution >= 0.6 is 11.3 Å². The maximum Gasteiger partial charge on any atom is 0.270 e. The van der Waals surface area contributed by atoms with Gasteiger partial charge in [0.1, 0.15) is 11.4 Å². The number of nitrogens with zero attached hydrogens (tertiary/aromatic N) is 4. The van der Waals surface area contributed by atoms with Crippen molar-refractivity contribution < 1.29 is 9.53 Å². The van der Waals surface area contributed by atoms with E-state index in [2.05, 4.69) is 25.2 Å². The van der Waals surface area contributed by atoms with E-state index < -0.39 is 0 Å². The number of thiazole rings is 1. The van der Waals surface area contributed by atoms with Gasteiger partial charge in [-0.25, -0.2) is 15.0 Å². The predicted octanol–water partition coefficient (Wildman–Crippen LogP) is 2.64. The average molecular weight is 383 g/mol. The van der Waals surface area contributed by atoms with Crippen LogP contribution in [0.15, 0.2) is 48.1 Å². The van der Waals surface area contributed by atoms with Gasteiger partial charge in [-0.1, -0.05) is 12.1 Å². The molecule has 0 aliphatic carbocycles. The van der Waals surface area contributed by atoms with Crippen LogP contribution in [0.2, 0.25) is 0 Å². The molecule has 1 unspecified atom stereocenters. The Labute approximate surface area is 162 Å². The highest BCUT2D eigenvalue weighted by Crippen LogP contribution is 2.23. The Hall–Kier alpha value is -2.84. The number of carbonyl (C=O) groups excluding carboxylic acids is 1. The van der Waals surface area contributed by atoms with E-state index in [1.54, 1.807) is 30.9 Å². The highest BCUT2D eigenvalue weighted by Gasteiger charge is 2.18. The Bertz CT molecular complexity index is 898. The quantitative estimate of drug-likeness (QED) is 0.676. The van der Waals surface area contributed by atoms with Crippen molar-refractivity contribution in [3.63, 3.8) is 0 Å². The molecule has 0 saturated carbocycles. The van der Waals surface area contributed by atoms with Crippen LogP contribution in [0.1, 0.15) is 22.1 Å². The summed E-state index contributed by atoms with van der Waals surface area (Å²) >= 11 is 1.35. The van der Waals surface area contributed by atoms with Crippen LogP contribution in [-0.4, -0.2) is 53.5 Å². The molecular formula is C19H21N5O2S. The monoisotopic (exact) mass is 383 g/mol. The third-order valence-electron chi connectivity index (χ3n) is 4.05. The lowest BCUT2D eigenvalue weighted by Gasteiger charge is -2.25. The third kappa shape index (κ3) is 4.66. The van der Waals surface area contributed by atoms with Crippen molar-refractivity contribution in [1.29, 1.82) is 0 Å². The molecule has 0 saturated heterocycles. The molecule has 1 aromatic carbocycles. The molecule has 0 spiro atoms. The van der Waals surface area contributed by atoms with Crippen LogP contribution in [0.25, 0.3) is 10.8 Å². The first-order valence-corrected chi connectivity index (χ1v) is 9.28. The first-order valence-electron chi connectivity index (χ1n) is 8.40. The molecule has 1 amide bonds. The Morgan fingerprint density at radius 3 is 2.74 bits per heavy atom. The fourth-order valence-electron chi connectivity index (χ4n) is 2.62. The van der Waals surface area contributed by atoms with Crippen LogP contribution in [0.5, 0.6) is 5.75 Å². The minimum absolute atomic E-state index is 0.0135. The van der Waals surface area contributed by atoms with Gasteiger partial charge in [-0.3, -0.25) is 4.79 Å². The molecule has 2 aromatic heterocycles. The van der Waals surface area contributed by atoms with Gasteiger partial charge in [-0.05, 0) is 37.9 Å². The van der Waals surface area contributed by atoms with Gasteiger partial charge in [0.05, 0.1) is 13.2 Å². The van der Waals surface area contributed by atoms with E-state index >= 15 is 0 Å². The molecule has 8 heteroatoms. The molecular weight excluding hydrogens is 362 g/mol. The van der Waals surface area contributed by atoms with E-state index in [4.69, 9.17) is 4.74 Å². The van der Waals surface area contributed by atoms with Gasteiger partial charge in [-0.2, -0.15) is 0 Å². The summed E-state index contributed by atoms with van der Waals surface area (Å²) in [6, 6.07) is 9.60. The number of likely N-dealkylation sites (N-methyl/N-ethyl adjacent to an activating group) is 1. The summed E-state index contributed by atoms with van der Waals surface area (Å²) in [4.78, 5) is 27.2. The smallest absolute Gasteiger partial charge is 0.270 e. The normalized spacial score (nSPS) is 12.0. The fraction of sp³-hybridized carbons (Fsp3) is 0.263. The van der Waals surface area contributed by atoms with Crippen molar-refractivity contribution in [1.82, 2.24) is 25.2 Å². The summed E-state index contributed by atoms with van der Waals surface area (Å²) < 4.78 is 5.30. The summed E-state index contributed by atoms with van der Waals surface area (Å²) in [6.07, 6.45) is 3.30. The van der Waals surface area contributed by atoms with Crippen molar-refractivity contribution in [2.45, 2.75) is 6.04 Å². The zero-order chi connectivity index (χ0) is 19.2. The van der Waals surface area contributed by atoms with Crippen LogP contribution < -0.4 is 10.1 Å². The number of hydrogen-bond donors (Lipinski definition) is 1. The SMILES string of the molecule is COc1cccc(C(CNC(=O)c2csc(-c3ncccn3)n2)N(C)C)c1. The van der Waals surface area contributed by atoms with Crippen LogP contribution in [0.4, 0.5) is 0 Å². The molecule has 7 nitrogen and oxygen atoms in total. The van der Waals surface area contributed by atoms with Gasteiger partial charge in [-0.15, -0.1) is 11.3 Å². The number of hydrogen-bond acceptors (Lipinski definition) is 7. The minimum atomic E-state index is -0.219. The second-order valence-corrected chi connectivity index (χ2v) is 6.93. The molecule has 27 heavy (non-hydrogen) atoms. The predicted molar refractivity (Wildman–Crippen MR) is 105 cm³/mol.